The van der Waals surface area contributed by atoms with E-state index in [4.69, 9.17) is 4.74 Å². The first kappa shape index (κ1) is 13.6. The van der Waals surface area contributed by atoms with E-state index in [-0.39, 0.29) is 5.92 Å². The Morgan fingerprint density at radius 3 is 2.65 bits per heavy atom. The van der Waals surface area contributed by atoms with Gasteiger partial charge in [-0.3, -0.25) is 4.79 Å². The summed E-state index contributed by atoms with van der Waals surface area (Å²) in [6, 6.07) is 7.53. The first-order valence-electron chi connectivity index (χ1n) is 7.67. The van der Waals surface area contributed by atoms with Crippen LogP contribution in [0.4, 0.5) is 0 Å². The minimum absolute atomic E-state index is 0.177. The lowest BCUT2D eigenvalue weighted by molar-refractivity contribution is 0.0814. The molecule has 2 fully saturated rings. The number of methoxy groups -OCH3 is 1. The number of Topliss-reactive ketones (excluding diaryl/α,β-unsaturated/α-hetero) is 1. The van der Waals surface area contributed by atoms with Gasteiger partial charge in [-0.15, -0.1) is 0 Å². The fourth-order valence-electron chi connectivity index (χ4n) is 3.09. The van der Waals surface area contributed by atoms with Crippen LogP contribution in [0.3, 0.4) is 0 Å². The second-order valence-electron chi connectivity index (χ2n) is 6.13. The number of rotatable bonds is 5. The fourth-order valence-corrected chi connectivity index (χ4v) is 3.09. The van der Waals surface area contributed by atoms with E-state index in [1.807, 2.05) is 24.3 Å². The molecule has 1 aromatic carbocycles. The average molecular weight is 273 g/mol. The third-order valence-corrected chi connectivity index (χ3v) is 4.46. The van der Waals surface area contributed by atoms with Crippen molar-refractivity contribution in [2.75, 3.05) is 26.7 Å². The van der Waals surface area contributed by atoms with Gasteiger partial charge in [-0.05, 0) is 62.4 Å². The number of nitrogens with zero attached hydrogens (tertiary/aromatic N) is 1. The zero-order valence-electron chi connectivity index (χ0n) is 12.2. The summed E-state index contributed by atoms with van der Waals surface area (Å²) < 4.78 is 5.14. The van der Waals surface area contributed by atoms with Gasteiger partial charge in [0.1, 0.15) is 5.75 Å². The van der Waals surface area contributed by atoms with E-state index >= 15 is 0 Å². The third-order valence-electron chi connectivity index (χ3n) is 4.46. The molecule has 0 spiro atoms. The standard InChI is InChI=1S/C17H23NO2/c1-20-16-8-6-14(7-9-16)17(19)15-3-2-10-18(12-15)11-13-4-5-13/h6-9,13,15H,2-5,10-12H2,1H3/t15-/m1/s1. The van der Waals surface area contributed by atoms with Crippen LogP contribution in [-0.4, -0.2) is 37.4 Å². The maximum Gasteiger partial charge on any atom is 0.167 e. The van der Waals surface area contributed by atoms with Gasteiger partial charge in [-0.1, -0.05) is 0 Å². The van der Waals surface area contributed by atoms with Gasteiger partial charge < -0.3 is 9.64 Å². The Labute approximate surface area is 120 Å². The second-order valence-corrected chi connectivity index (χ2v) is 6.13. The number of ketones is 1. The number of hydrogen-bond donors (Lipinski definition) is 0. The summed E-state index contributed by atoms with van der Waals surface area (Å²) in [6.07, 6.45) is 4.95. The molecule has 1 atom stereocenters. The van der Waals surface area contributed by atoms with Crippen molar-refractivity contribution in [2.24, 2.45) is 11.8 Å². The summed E-state index contributed by atoms with van der Waals surface area (Å²) in [5.41, 5.74) is 0.823. The molecule has 1 aromatic rings. The maximum absolute atomic E-state index is 12.6. The van der Waals surface area contributed by atoms with E-state index in [9.17, 15) is 4.79 Å². The molecule has 0 bridgehead atoms. The molecule has 1 aliphatic heterocycles. The smallest absolute Gasteiger partial charge is 0.167 e. The Balaban J connectivity index is 1.62. The Morgan fingerprint density at radius 1 is 1.25 bits per heavy atom. The van der Waals surface area contributed by atoms with Gasteiger partial charge in [-0.2, -0.15) is 0 Å². The van der Waals surface area contributed by atoms with Gasteiger partial charge in [0.2, 0.25) is 0 Å². The van der Waals surface area contributed by atoms with Crippen LogP contribution in [0.15, 0.2) is 24.3 Å². The van der Waals surface area contributed by atoms with E-state index in [0.717, 1.165) is 36.6 Å². The van der Waals surface area contributed by atoms with E-state index in [1.165, 1.54) is 25.9 Å². The molecule has 0 aromatic heterocycles. The summed E-state index contributed by atoms with van der Waals surface area (Å²) >= 11 is 0. The Morgan fingerprint density at radius 2 is 2.00 bits per heavy atom. The lowest BCUT2D eigenvalue weighted by Crippen LogP contribution is -2.39. The van der Waals surface area contributed by atoms with Crippen molar-refractivity contribution in [1.29, 1.82) is 0 Å². The number of piperidine rings is 1. The molecule has 108 valence electrons. The molecular weight excluding hydrogens is 250 g/mol. The van der Waals surface area contributed by atoms with E-state index in [1.54, 1.807) is 7.11 Å². The Kier molecular flexibility index (Phi) is 4.06. The van der Waals surface area contributed by atoms with E-state index in [0.29, 0.717) is 5.78 Å². The highest BCUT2D eigenvalue weighted by molar-refractivity contribution is 5.98. The van der Waals surface area contributed by atoms with Crippen LogP contribution in [0.2, 0.25) is 0 Å². The van der Waals surface area contributed by atoms with Crippen LogP contribution in [0.25, 0.3) is 0 Å². The summed E-state index contributed by atoms with van der Waals surface area (Å²) in [7, 11) is 1.65. The van der Waals surface area contributed by atoms with Gasteiger partial charge in [0.05, 0.1) is 7.11 Å². The first-order chi connectivity index (χ1) is 9.76. The van der Waals surface area contributed by atoms with Crippen molar-refractivity contribution < 1.29 is 9.53 Å². The molecule has 20 heavy (non-hydrogen) atoms. The highest BCUT2D eigenvalue weighted by atomic mass is 16.5. The van der Waals surface area contributed by atoms with Gasteiger partial charge >= 0.3 is 0 Å². The van der Waals surface area contributed by atoms with Crippen LogP contribution >= 0.6 is 0 Å². The number of carbonyl (C=O) groups is 1. The van der Waals surface area contributed by atoms with Crippen molar-refractivity contribution in [1.82, 2.24) is 4.90 Å². The molecule has 0 unspecified atom stereocenters. The van der Waals surface area contributed by atoms with Gasteiger partial charge in [0.15, 0.2) is 5.78 Å². The normalized spacial score (nSPS) is 23.6. The van der Waals surface area contributed by atoms with Crippen molar-refractivity contribution in [3.8, 4) is 5.75 Å². The molecular formula is C17H23NO2. The minimum atomic E-state index is 0.177. The molecule has 2 aliphatic rings. The van der Waals surface area contributed by atoms with Crippen molar-refractivity contribution in [3.05, 3.63) is 29.8 Å². The van der Waals surface area contributed by atoms with Crippen LogP contribution in [0, 0.1) is 11.8 Å². The van der Waals surface area contributed by atoms with Crippen LogP contribution in [0.1, 0.15) is 36.0 Å². The predicted molar refractivity (Wildman–Crippen MR) is 79.2 cm³/mol. The van der Waals surface area contributed by atoms with Gasteiger partial charge in [0.25, 0.3) is 0 Å². The Bertz CT molecular complexity index is 464. The fraction of sp³-hybridized carbons (Fsp3) is 0.588. The van der Waals surface area contributed by atoms with Crippen LogP contribution < -0.4 is 4.74 Å². The van der Waals surface area contributed by atoms with E-state index < -0.39 is 0 Å². The number of hydrogen-bond acceptors (Lipinski definition) is 3. The topological polar surface area (TPSA) is 29.5 Å². The van der Waals surface area contributed by atoms with Crippen LogP contribution in [-0.2, 0) is 0 Å². The highest BCUT2D eigenvalue weighted by Gasteiger charge is 2.30. The summed E-state index contributed by atoms with van der Waals surface area (Å²) in [6.45, 7) is 3.32. The maximum atomic E-state index is 12.6. The SMILES string of the molecule is COc1ccc(C(=O)[C@@H]2CCCN(CC3CC3)C2)cc1. The lowest BCUT2D eigenvalue weighted by atomic mass is 9.90. The minimum Gasteiger partial charge on any atom is -0.497 e. The zero-order valence-corrected chi connectivity index (χ0v) is 12.2. The molecule has 0 radical (unpaired) electrons. The summed E-state index contributed by atoms with van der Waals surface area (Å²) in [5.74, 6) is 2.19. The number of carbonyl (C=O) groups excluding carboxylic acids is 1. The lowest BCUT2D eigenvalue weighted by Gasteiger charge is -2.32. The molecule has 3 heteroatoms. The number of benzene rings is 1. The monoisotopic (exact) mass is 273 g/mol. The van der Waals surface area contributed by atoms with Crippen molar-refractivity contribution >= 4 is 5.78 Å². The van der Waals surface area contributed by atoms with Gasteiger partial charge in [-0.25, -0.2) is 0 Å². The van der Waals surface area contributed by atoms with Crippen LogP contribution in [0.5, 0.6) is 5.75 Å². The second kappa shape index (κ2) is 5.96. The third kappa shape index (κ3) is 3.21. The molecule has 3 rings (SSSR count). The van der Waals surface area contributed by atoms with Crippen molar-refractivity contribution in [3.63, 3.8) is 0 Å². The number of likely N-dealkylation sites (tertiary alicyclic amines) is 1. The largest absolute Gasteiger partial charge is 0.497 e. The summed E-state index contributed by atoms with van der Waals surface area (Å²) in [4.78, 5) is 15.1. The molecule has 1 saturated heterocycles. The highest BCUT2D eigenvalue weighted by Crippen LogP contribution is 2.31. The zero-order chi connectivity index (χ0) is 13.9. The Hall–Kier alpha value is -1.35. The van der Waals surface area contributed by atoms with E-state index in [2.05, 4.69) is 4.90 Å². The molecule has 1 saturated carbocycles. The molecule has 1 heterocycles. The molecule has 0 amide bonds. The molecule has 1 aliphatic carbocycles. The molecule has 3 nitrogen and oxygen atoms in total. The van der Waals surface area contributed by atoms with Crippen molar-refractivity contribution in [2.45, 2.75) is 25.7 Å². The molecule has 0 N–H and O–H groups in total. The predicted octanol–water partition coefficient (Wildman–Crippen LogP) is 3.00. The summed E-state index contributed by atoms with van der Waals surface area (Å²) in [5, 5.41) is 0. The average Bonchev–Trinajstić information content (AvgIpc) is 3.31. The first-order valence-corrected chi connectivity index (χ1v) is 7.67. The quantitative estimate of drug-likeness (QED) is 0.772. The number of ether oxygens (including phenoxy) is 1. The van der Waals surface area contributed by atoms with Gasteiger partial charge in [0, 0.05) is 24.6 Å².